The van der Waals surface area contributed by atoms with Crippen molar-refractivity contribution < 1.29 is 9.53 Å². The van der Waals surface area contributed by atoms with Gasteiger partial charge in [0.15, 0.2) is 0 Å². The molecule has 2 aliphatic rings. The van der Waals surface area contributed by atoms with Gasteiger partial charge in [-0.1, -0.05) is 23.5 Å². The normalized spacial score (nSPS) is 21.9. The van der Waals surface area contributed by atoms with Gasteiger partial charge in [0.05, 0.1) is 25.3 Å². The van der Waals surface area contributed by atoms with E-state index in [0.29, 0.717) is 37.8 Å². The Hall–Kier alpha value is -2.49. The first kappa shape index (κ1) is 17.6. The fourth-order valence-corrected chi connectivity index (χ4v) is 4.62. The highest BCUT2D eigenvalue weighted by Crippen LogP contribution is 2.28. The van der Waals surface area contributed by atoms with Crippen molar-refractivity contribution in [2.24, 2.45) is 0 Å². The quantitative estimate of drug-likeness (QED) is 0.723. The van der Waals surface area contributed by atoms with Crippen molar-refractivity contribution in [2.75, 3.05) is 25.1 Å². The van der Waals surface area contributed by atoms with Crippen LogP contribution < -0.4 is 5.32 Å². The molecule has 3 aromatic rings. The Labute approximate surface area is 166 Å². The number of morpholine rings is 1. The Morgan fingerprint density at radius 2 is 2.11 bits per heavy atom. The van der Waals surface area contributed by atoms with Crippen LogP contribution in [0.3, 0.4) is 0 Å². The van der Waals surface area contributed by atoms with Crippen LogP contribution >= 0.6 is 11.3 Å². The van der Waals surface area contributed by atoms with E-state index in [1.165, 1.54) is 11.3 Å². The van der Waals surface area contributed by atoms with Crippen LogP contribution in [0.25, 0.3) is 21.5 Å². The molecule has 2 fully saturated rings. The first-order valence-corrected chi connectivity index (χ1v) is 10.2. The van der Waals surface area contributed by atoms with Crippen LogP contribution in [0.1, 0.15) is 17.8 Å². The molecule has 0 radical (unpaired) electrons. The van der Waals surface area contributed by atoms with Gasteiger partial charge in [0.2, 0.25) is 11.9 Å². The molecule has 8 nitrogen and oxygen atoms in total. The van der Waals surface area contributed by atoms with Gasteiger partial charge in [-0.3, -0.25) is 15.0 Å². The maximum atomic E-state index is 12.5. The lowest BCUT2D eigenvalue weighted by molar-refractivity contribution is -0.120. The highest BCUT2D eigenvalue weighted by molar-refractivity contribution is 7.14. The van der Waals surface area contributed by atoms with Crippen LogP contribution in [-0.4, -0.2) is 62.8 Å². The van der Waals surface area contributed by atoms with E-state index in [-0.39, 0.29) is 5.91 Å². The molecule has 28 heavy (non-hydrogen) atoms. The highest BCUT2D eigenvalue weighted by Gasteiger charge is 2.38. The van der Waals surface area contributed by atoms with Crippen LogP contribution in [0.15, 0.2) is 24.4 Å². The monoisotopic (exact) mass is 396 g/mol. The summed E-state index contributed by atoms with van der Waals surface area (Å²) in [4.78, 5) is 23.6. The van der Waals surface area contributed by atoms with E-state index in [0.717, 1.165) is 39.3 Å². The van der Waals surface area contributed by atoms with Crippen molar-refractivity contribution >= 4 is 34.1 Å². The van der Waals surface area contributed by atoms with E-state index < -0.39 is 0 Å². The van der Waals surface area contributed by atoms with Crippen LogP contribution in [0, 0.1) is 6.92 Å². The zero-order valence-corrected chi connectivity index (χ0v) is 16.3. The predicted molar refractivity (Wildman–Crippen MR) is 106 cm³/mol. The summed E-state index contributed by atoms with van der Waals surface area (Å²) in [7, 11) is 0. The summed E-state index contributed by atoms with van der Waals surface area (Å²) in [6.45, 7) is 3.71. The number of aromatic nitrogens is 4. The molecule has 0 saturated carbocycles. The summed E-state index contributed by atoms with van der Waals surface area (Å²) in [5.74, 6) is 0.234. The Morgan fingerprint density at radius 3 is 2.86 bits per heavy atom. The second-order valence-electron chi connectivity index (χ2n) is 7.24. The molecule has 1 aromatic carbocycles. The predicted octanol–water partition coefficient (Wildman–Crippen LogP) is 2.26. The lowest BCUT2D eigenvalue weighted by Gasteiger charge is -2.33. The van der Waals surface area contributed by atoms with Crippen LogP contribution in [-0.2, 0) is 9.53 Å². The van der Waals surface area contributed by atoms with Crippen LogP contribution in [0.4, 0.5) is 5.95 Å². The van der Waals surface area contributed by atoms with E-state index in [1.54, 1.807) is 6.20 Å². The van der Waals surface area contributed by atoms with E-state index in [9.17, 15) is 4.79 Å². The molecule has 1 N–H and O–H groups in total. The molecule has 1 amide bonds. The smallest absolute Gasteiger partial charge is 0.240 e. The summed E-state index contributed by atoms with van der Waals surface area (Å²) in [6.07, 6.45) is 3.92. The molecule has 2 aliphatic heterocycles. The van der Waals surface area contributed by atoms with Gasteiger partial charge < -0.3 is 4.74 Å². The Balaban J connectivity index is 1.33. The van der Waals surface area contributed by atoms with Crippen LogP contribution in [0.5, 0.6) is 0 Å². The molecule has 4 heterocycles. The lowest BCUT2D eigenvalue weighted by atomic mass is 10.1. The zero-order valence-electron chi connectivity index (χ0n) is 15.5. The molecule has 2 bridgehead atoms. The minimum Gasteiger partial charge on any atom is -0.378 e. The third-order valence-corrected chi connectivity index (χ3v) is 6.21. The number of carbonyl (C=O) groups excluding carboxylic acids is 1. The Morgan fingerprint density at radius 1 is 1.29 bits per heavy atom. The van der Waals surface area contributed by atoms with Gasteiger partial charge in [0.1, 0.15) is 10.0 Å². The molecule has 2 unspecified atom stereocenters. The fraction of sp³-hybridized carbons (Fsp3) is 0.421. The van der Waals surface area contributed by atoms with Crippen LogP contribution in [0.2, 0.25) is 0 Å². The van der Waals surface area contributed by atoms with Gasteiger partial charge in [-0.05, 0) is 25.8 Å². The molecule has 2 saturated heterocycles. The number of benzene rings is 1. The van der Waals surface area contributed by atoms with Crippen molar-refractivity contribution in [3.8, 4) is 10.6 Å². The number of amides is 1. The van der Waals surface area contributed by atoms with Gasteiger partial charge in [0, 0.05) is 29.2 Å². The first-order chi connectivity index (χ1) is 13.7. The number of anilines is 1. The number of hydrogen-bond donors (Lipinski definition) is 1. The van der Waals surface area contributed by atoms with E-state index in [4.69, 9.17) is 4.74 Å². The van der Waals surface area contributed by atoms with Crippen molar-refractivity contribution in [3.05, 3.63) is 29.4 Å². The van der Waals surface area contributed by atoms with E-state index in [2.05, 4.69) is 30.4 Å². The number of carbonyl (C=O) groups is 1. The van der Waals surface area contributed by atoms with Gasteiger partial charge in [-0.25, -0.2) is 9.97 Å². The molecule has 0 spiro atoms. The number of nitrogens with one attached hydrogen (secondary N) is 1. The number of nitrogens with zero attached hydrogens (tertiary/aromatic N) is 5. The SMILES string of the molecule is Cc1nnc(-c2ccc3cnc(NC(=O)CN4C5CCC4COC5)nc3c2)s1. The fourth-order valence-electron chi connectivity index (χ4n) is 3.93. The molecule has 2 atom stereocenters. The van der Waals surface area contributed by atoms with E-state index in [1.807, 2.05) is 25.1 Å². The van der Waals surface area contributed by atoms with Gasteiger partial charge in [0.25, 0.3) is 0 Å². The zero-order chi connectivity index (χ0) is 19.1. The topological polar surface area (TPSA) is 93.1 Å². The number of ether oxygens (including phenoxy) is 1. The summed E-state index contributed by atoms with van der Waals surface area (Å²) in [5.41, 5.74) is 1.72. The minimum absolute atomic E-state index is 0.0888. The molecule has 5 rings (SSSR count). The minimum atomic E-state index is -0.0888. The number of hydrogen-bond acceptors (Lipinski definition) is 8. The third kappa shape index (κ3) is 3.36. The van der Waals surface area contributed by atoms with Crippen molar-refractivity contribution in [2.45, 2.75) is 31.8 Å². The summed E-state index contributed by atoms with van der Waals surface area (Å²) in [5, 5.41) is 13.8. The van der Waals surface area contributed by atoms with Crippen molar-refractivity contribution in [3.63, 3.8) is 0 Å². The van der Waals surface area contributed by atoms with Crippen molar-refractivity contribution in [1.29, 1.82) is 0 Å². The van der Waals surface area contributed by atoms with E-state index >= 15 is 0 Å². The maximum absolute atomic E-state index is 12.5. The molecule has 2 aromatic heterocycles. The van der Waals surface area contributed by atoms with Crippen molar-refractivity contribution in [1.82, 2.24) is 25.1 Å². The molecule has 9 heteroatoms. The molecule has 0 aliphatic carbocycles. The number of aryl methyl sites for hydroxylation is 1. The molecular weight excluding hydrogens is 376 g/mol. The summed E-state index contributed by atoms with van der Waals surface area (Å²) in [6, 6.07) is 6.59. The summed E-state index contributed by atoms with van der Waals surface area (Å²) < 4.78 is 5.58. The summed E-state index contributed by atoms with van der Waals surface area (Å²) >= 11 is 1.54. The van der Waals surface area contributed by atoms with Gasteiger partial charge in [-0.2, -0.15) is 0 Å². The van der Waals surface area contributed by atoms with Gasteiger partial charge in [-0.15, -0.1) is 10.2 Å². The Kier molecular flexibility index (Phi) is 4.50. The second kappa shape index (κ2) is 7.16. The standard InChI is InChI=1S/C19H20N6O2S/c1-11-23-24-18(28-11)12-2-3-13-7-20-19(21-16(13)6-12)22-17(26)8-25-14-4-5-15(25)10-27-9-14/h2-3,6-7,14-15H,4-5,8-10H2,1H3,(H,20,21,22,26). The second-order valence-corrected chi connectivity index (χ2v) is 8.42. The number of fused-ring (bicyclic) bond motifs is 3. The Bertz CT molecular complexity index is 1020. The maximum Gasteiger partial charge on any atom is 0.240 e. The molecular formula is C19H20N6O2S. The number of rotatable bonds is 4. The average Bonchev–Trinajstić information content (AvgIpc) is 3.20. The molecule has 144 valence electrons. The lowest BCUT2D eigenvalue weighted by Crippen LogP contribution is -2.49. The highest BCUT2D eigenvalue weighted by atomic mass is 32.1. The third-order valence-electron chi connectivity index (χ3n) is 5.32. The average molecular weight is 396 g/mol. The van der Waals surface area contributed by atoms with Gasteiger partial charge >= 0.3 is 0 Å². The first-order valence-electron chi connectivity index (χ1n) is 9.36. The largest absolute Gasteiger partial charge is 0.378 e.